The van der Waals surface area contributed by atoms with Crippen LogP contribution in [0.2, 0.25) is 0 Å². The Bertz CT molecular complexity index is 409. The fraction of sp³-hybridized carbons (Fsp3) is 0.600. The van der Waals surface area contributed by atoms with Gasteiger partial charge < -0.3 is 14.8 Å². The minimum absolute atomic E-state index is 0.233. The quantitative estimate of drug-likeness (QED) is 0.885. The van der Waals surface area contributed by atoms with Gasteiger partial charge in [0.15, 0.2) is 0 Å². The second kappa shape index (κ2) is 4.90. The molecule has 1 aromatic rings. The Morgan fingerprint density at radius 1 is 1.28 bits per heavy atom. The van der Waals surface area contributed by atoms with Gasteiger partial charge in [0, 0.05) is 5.41 Å². The van der Waals surface area contributed by atoms with Crippen LogP contribution in [0.4, 0.5) is 0 Å². The Hall–Kier alpha value is -1.06. The molecule has 2 saturated heterocycles. The molecular weight excluding hydrogens is 226 g/mol. The standard InChI is InChI=1S/C15H21NO2/c1-17-14-4-2-3-13(9-14)15(10-18-11-15)12-5-7-16-8-6-12/h2-4,9,12,16H,5-8,10-11H2,1H3. The molecule has 18 heavy (non-hydrogen) atoms. The molecule has 0 atom stereocenters. The van der Waals surface area contributed by atoms with Crippen LogP contribution in [0.25, 0.3) is 0 Å². The van der Waals surface area contributed by atoms with Gasteiger partial charge in [0.25, 0.3) is 0 Å². The number of hydrogen-bond donors (Lipinski definition) is 1. The largest absolute Gasteiger partial charge is 0.497 e. The zero-order valence-corrected chi connectivity index (χ0v) is 10.9. The summed E-state index contributed by atoms with van der Waals surface area (Å²) in [6.07, 6.45) is 2.50. The van der Waals surface area contributed by atoms with Gasteiger partial charge in [0.05, 0.1) is 20.3 Å². The third-order valence-corrected chi connectivity index (χ3v) is 4.48. The van der Waals surface area contributed by atoms with Crippen LogP contribution in [0.15, 0.2) is 24.3 Å². The van der Waals surface area contributed by atoms with Crippen molar-refractivity contribution in [2.24, 2.45) is 5.92 Å². The first-order chi connectivity index (χ1) is 8.85. The lowest BCUT2D eigenvalue weighted by molar-refractivity contribution is -0.0964. The monoisotopic (exact) mass is 247 g/mol. The molecule has 0 saturated carbocycles. The van der Waals surface area contributed by atoms with Gasteiger partial charge in [-0.25, -0.2) is 0 Å². The number of methoxy groups -OCH3 is 1. The molecule has 2 heterocycles. The molecule has 0 aromatic heterocycles. The maximum Gasteiger partial charge on any atom is 0.119 e. The van der Waals surface area contributed by atoms with Crippen LogP contribution in [0.3, 0.4) is 0 Å². The number of ether oxygens (including phenoxy) is 2. The average molecular weight is 247 g/mol. The van der Waals surface area contributed by atoms with Crippen molar-refractivity contribution in [2.75, 3.05) is 33.4 Å². The Labute approximate surface area is 108 Å². The fourth-order valence-corrected chi connectivity index (χ4v) is 3.27. The van der Waals surface area contributed by atoms with Gasteiger partial charge in [-0.1, -0.05) is 12.1 Å². The summed E-state index contributed by atoms with van der Waals surface area (Å²) in [5.74, 6) is 1.69. The van der Waals surface area contributed by atoms with Crippen molar-refractivity contribution >= 4 is 0 Å². The van der Waals surface area contributed by atoms with E-state index in [1.54, 1.807) is 7.11 Å². The summed E-state index contributed by atoms with van der Waals surface area (Å²) in [6.45, 7) is 4.00. The second-order valence-electron chi connectivity index (χ2n) is 5.41. The van der Waals surface area contributed by atoms with Crippen LogP contribution < -0.4 is 10.1 Å². The summed E-state index contributed by atoms with van der Waals surface area (Å²) < 4.78 is 10.9. The Kier molecular flexibility index (Phi) is 3.27. The van der Waals surface area contributed by atoms with Crippen molar-refractivity contribution in [1.29, 1.82) is 0 Å². The van der Waals surface area contributed by atoms with Gasteiger partial charge in [-0.2, -0.15) is 0 Å². The smallest absolute Gasteiger partial charge is 0.119 e. The van der Waals surface area contributed by atoms with E-state index in [0.29, 0.717) is 0 Å². The molecule has 3 rings (SSSR count). The summed E-state index contributed by atoms with van der Waals surface area (Å²) in [7, 11) is 1.73. The van der Waals surface area contributed by atoms with E-state index in [2.05, 4.69) is 23.5 Å². The molecule has 2 aliphatic heterocycles. The van der Waals surface area contributed by atoms with Gasteiger partial charge in [-0.3, -0.25) is 0 Å². The number of benzene rings is 1. The summed E-state index contributed by atoms with van der Waals surface area (Å²) in [6, 6.07) is 8.52. The lowest BCUT2D eigenvalue weighted by Gasteiger charge is -2.49. The van der Waals surface area contributed by atoms with E-state index in [9.17, 15) is 0 Å². The van der Waals surface area contributed by atoms with Gasteiger partial charge in [-0.05, 0) is 49.5 Å². The first-order valence-corrected chi connectivity index (χ1v) is 6.78. The maximum atomic E-state index is 5.56. The summed E-state index contributed by atoms with van der Waals surface area (Å²) >= 11 is 0. The molecule has 0 radical (unpaired) electrons. The van der Waals surface area contributed by atoms with E-state index < -0.39 is 0 Å². The molecule has 3 heteroatoms. The van der Waals surface area contributed by atoms with Gasteiger partial charge in [-0.15, -0.1) is 0 Å². The van der Waals surface area contributed by atoms with Crippen molar-refractivity contribution in [3.05, 3.63) is 29.8 Å². The highest BCUT2D eigenvalue weighted by Gasteiger charge is 2.47. The Morgan fingerprint density at radius 2 is 2.06 bits per heavy atom. The minimum atomic E-state index is 0.233. The fourth-order valence-electron chi connectivity index (χ4n) is 3.27. The first-order valence-electron chi connectivity index (χ1n) is 6.78. The summed E-state index contributed by atoms with van der Waals surface area (Å²) in [5.41, 5.74) is 1.62. The molecule has 1 N–H and O–H groups in total. The third kappa shape index (κ3) is 1.91. The van der Waals surface area contributed by atoms with E-state index in [-0.39, 0.29) is 5.41 Å². The zero-order chi connectivity index (χ0) is 12.4. The van der Waals surface area contributed by atoms with Crippen LogP contribution in [0.5, 0.6) is 5.75 Å². The summed E-state index contributed by atoms with van der Waals surface area (Å²) in [5, 5.41) is 3.44. The van der Waals surface area contributed by atoms with Crippen molar-refractivity contribution in [2.45, 2.75) is 18.3 Å². The lowest BCUT2D eigenvalue weighted by atomic mass is 9.65. The van der Waals surface area contributed by atoms with Crippen LogP contribution in [-0.2, 0) is 10.2 Å². The second-order valence-corrected chi connectivity index (χ2v) is 5.41. The maximum absolute atomic E-state index is 5.56. The topological polar surface area (TPSA) is 30.5 Å². The van der Waals surface area contributed by atoms with Crippen LogP contribution >= 0.6 is 0 Å². The average Bonchev–Trinajstić information content (AvgIpc) is 2.39. The van der Waals surface area contributed by atoms with Gasteiger partial charge in [0.1, 0.15) is 5.75 Å². The van der Waals surface area contributed by atoms with Crippen LogP contribution in [-0.4, -0.2) is 33.4 Å². The molecule has 2 aliphatic rings. The van der Waals surface area contributed by atoms with Crippen LogP contribution in [0, 0.1) is 5.92 Å². The molecule has 0 unspecified atom stereocenters. The number of rotatable bonds is 3. The van der Waals surface area contributed by atoms with Gasteiger partial charge >= 0.3 is 0 Å². The molecule has 2 fully saturated rings. The lowest BCUT2D eigenvalue weighted by Crippen LogP contribution is -2.54. The molecule has 0 bridgehead atoms. The van der Waals surface area contributed by atoms with E-state index in [1.165, 1.54) is 18.4 Å². The van der Waals surface area contributed by atoms with Crippen molar-refractivity contribution in [3.63, 3.8) is 0 Å². The predicted molar refractivity (Wildman–Crippen MR) is 71.1 cm³/mol. The summed E-state index contributed by atoms with van der Waals surface area (Å²) in [4.78, 5) is 0. The molecule has 0 amide bonds. The highest BCUT2D eigenvalue weighted by atomic mass is 16.5. The van der Waals surface area contributed by atoms with E-state index >= 15 is 0 Å². The molecule has 3 nitrogen and oxygen atoms in total. The Balaban J connectivity index is 1.89. The number of piperidine rings is 1. The molecule has 98 valence electrons. The molecule has 0 spiro atoms. The highest BCUT2D eigenvalue weighted by molar-refractivity contribution is 5.36. The zero-order valence-electron chi connectivity index (χ0n) is 10.9. The normalized spacial score (nSPS) is 23.4. The van der Waals surface area contributed by atoms with E-state index in [1.807, 2.05) is 6.07 Å². The Morgan fingerprint density at radius 3 is 2.67 bits per heavy atom. The third-order valence-electron chi connectivity index (χ3n) is 4.48. The molecule has 0 aliphatic carbocycles. The van der Waals surface area contributed by atoms with Crippen LogP contribution in [0.1, 0.15) is 18.4 Å². The molecular formula is C15H21NO2. The SMILES string of the molecule is COc1cccc(C2(C3CCNCC3)COC2)c1. The highest BCUT2D eigenvalue weighted by Crippen LogP contribution is 2.44. The van der Waals surface area contributed by atoms with Gasteiger partial charge in [0.2, 0.25) is 0 Å². The van der Waals surface area contributed by atoms with Crippen molar-refractivity contribution in [1.82, 2.24) is 5.32 Å². The number of hydrogen-bond acceptors (Lipinski definition) is 3. The number of nitrogens with one attached hydrogen (secondary N) is 1. The van der Waals surface area contributed by atoms with E-state index in [0.717, 1.165) is 38.0 Å². The van der Waals surface area contributed by atoms with Crippen molar-refractivity contribution in [3.8, 4) is 5.75 Å². The predicted octanol–water partition coefficient (Wildman–Crippen LogP) is 1.96. The molecule has 1 aromatic carbocycles. The minimum Gasteiger partial charge on any atom is -0.497 e. The van der Waals surface area contributed by atoms with E-state index in [4.69, 9.17) is 9.47 Å². The first kappa shape index (κ1) is 12.0. The van der Waals surface area contributed by atoms with Crippen molar-refractivity contribution < 1.29 is 9.47 Å².